The third-order valence-electron chi connectivity index (χ3n) is 9.37. The van der Waals surface area contributed by atoms with Crippen LogP contribution >= 0.6 is 11.8 Å². The first kappa shape index (κ1) is 38.9. The fourth-order valence-corrected chi connectivity index (χ4v) is 7.27. The highest BCUT2D eigenvalue weighted by Crippen LogP contribution is 2.32. The van der Waals surface area contributed by atoms with Gasteiger partial charge in [-0.2, -0.15) is 0 Å². The quantitative estimate of drug-likeness (QED) is 0.102. The van der Waals surface area contributed by atoms with Gasteiger partial charge < -0.3 is 25.2 Å². The maximum atomic E-state index is 13.9. The molecule has 2 N–H and O–H groups in total. The molecule has 1 fully saturated rings. The molecule has 11 heteroatoms. The maximum Gasteiger partial charge on any atom is 0.246 e. The molecule has 1 aliphatic heterocycles. The number of hydrogen-bond donors (Lipinski definition) is 2. The maximum absolute atomic E-state index is 13.9. The third-order valence-corrected chi connectivity index (χ3v) is 10.3. The second-order valence-corrected chi connectivity index (χ2v) is 14.3. The summed E-state index contributed by atoms with van der Waals surface area (Å²) in [6, 6.07) is 29.7. The Labute approximate surface area is 327 Å². The van der Waals surface area contributed by atoms with Crippen LogP contribution in [0.15, 0.2) is 144 Å². The Morgan fingerprint density at radius 1 is 0.891 bits per heavy atom. The molecule has 1 aliphatic carbocycles. The molecule has 1 saturated heterocycles. The average molecular weight is 755 g/mol. The van der Waals surface area contributed by atoms with Gasteiger partial charge in [-0.15, -0.1) is 0 Å². The fraction of sp³-hybridized carbons (Fsp3) is 0.250. The van der Waals surface area contributed by atoms with E-state index in [1.807, 2.05) is 103 Å². The predicted molar refractivity (Wildman–Crippen MR) is 222 cm³/mol. The zero-order chi connectivity index (χ0) is 38.4. The normalized spacial score (nSPS) is 15.7. The Balaban J connectivity index is 1.12. The number of carbonyl (C=O) groups is 3. The van der Waals surface area contributed by atoms with Crippen molar-refractivity contribution in [2.75, 3.05) is 43.6 Å². The van der Waals surface area contributed by atoms with Crippen LogP contribution in [-0.2, 0) is 25.7 Å². The van der Waals surface area contributed by atoms with Crippen LogP contribution in [0.4, 0.5) is 17.1 Å². The Bertz CT molecular complexity index is 2010. The monoisotopic (exact) mass is 754 g/mol. The third kappa shape index (κ3) is 10.9. The molecule has 282 valence electrons. The number of aromatic nitrogens is 1. The summed E-state index contributed by atoms with van der Waals surface area (Å²) < 4.78 is 5.47. The number of nitrogens with one attached hydrogen (secondary N) is 2. The topological polar surface area (TPSA) is 116 Å². The lowest BCUT2D eigenvalue weighted by atomic mass is 9.88. The molecular formula is C44H46N6O4S. The predicted octanol–water partition coefficient (Wildman–Crippen LogP) is 7.38. The zero-order valence-corrected chi connectivity index (χ0v) is 31.9. The van der Waals surface area contributed by atoms with Crippen molar-refractivity contribution in [3.63, 3.8) is 0 Å². The summed E-state index contributed by atoms with van der Waals surface area (Å²) in [4.78, 5) is 54.0. The van der Waals surface area contributed by atoms with Crippen molar-refractivity contribution >= 4 is 52.1 Å². The van der Waals surface area contributed by atoms with Crippen molar-refractivity contribution in [3.05, 3.63) is 156 Å². The van der Waals surface area contributed by atoms with Crippen LogP contribution in [0, 0.1) is 0 Å². The Hall–Kier alpha value is -5.78. The summed E-state index contributed by atoms with van der Waals surface area (Å²) in [6.45, 7) is 5.17. The Kier molecular flexibility index (Phi) is 13.8. The number of pyridine rings is 1. The summed E-state index contributed by atoms with van der Waals surface area (Å²) in [5, 5.41) is 5.24. The number of carbonyl (C=O) groups excluding carboxylic acids is 3. The summed E-state index contributed by atoms with van der Waals surface area (Å²) in [5.41, 5.74) is 7.50. The lowest BCUT2D eigenvalue weighted by Crippen LogP contribution is -2.44. The number of allylic oxidation sites excluding steroid dienone is 5. The molecule has 0 spiro atoms. The number of aliphatic imine (C=N–C) groups is 1. The molecule has 3 amide bonds. The van der Waals surface area contributed by atoms with E-state index in [0.717, 1.165) is 60.1 Å². The smallest absolute Gasteiger partial charge is 0.246 e. The molecule has 1 aromatic heterocycles. The van der Waals surface area contributed by atoms with Crippen LogP contribution in [0.5, 0.6) is 0 Å². The summed E-state index contributed by atoms with van der Waals surface area (Å²) in [7, 11) is 1.76. The van der Waals surface area contributed by atoms with Gasteiger partial charge in [-0.3, -0.25) is 24.4 Å². The van der Waals surface area contributed by atoms with E-state index in [2.05, 4.69) is 37.6 Å². The van der Waals surface area contributed by atoms with E-state index in [4.69, 9.17) is 4.74 Å². The van der Waals surface area contributed by atoms with Crippen molar-refractivity contribution in [2.24, 2.45) is 4.99 Å². The molecule has 6 rings (SSSR count). The standard InChI is InChI=1S/C44H46N6O4S/c1-32(47-43(52)40(34-14-8-5-9-15-34)33-12-6-3-4-7-13-33)42(51)48-37-19-17-35(18-20-37)41(44(53)49(2)30-38-16-10-11-25-45-38)55-31-46-36-21-23-39(24-22-36)50-26-28-54-29-27-50/h3-12,14-25,31-32,40-41H,13,26-30H2,1-2H3,(H,47,52)(H,48,51)/t32-,40?,41?/m0/s1. The fourth-order valence-electron chi connectivity index (χ4n) is 6.36. The van der Waals surface area contributed by atoms with Crippen LogP contribution in [0.1, 0.15) is 41.3 Å². The van der Waals surface area contributed by atoms with Gasteiger partial charge in [0.2, 0.25) is 17.7 Å². The molecule has 0 radical (unpaired) electrons. The average Bonchev–Trinajstić information content (AvgIpc) is 3.50. The van der Waals surface area contributed by atoms with Gasteiger partial charge in [-0.1, -0.05) is 90.7 Å². The van der Waals surface area contributed by atoms with Gasteiger partial charge in [0.25, 0.3) is 0 Å². The first-order valence-electron chi connectivity index (χ1n) is 18.4. The molecule has 3 aromatic carbocycles. The number of likely N-dealkylation sites (N-methyl/N-ethyl adjacent to an activating group) is 1. The van der Waals surface area contributed by atoms with E-state index in [1.54, 1.807) is 42.7 Å². The lowest BCUT2D eigenvalue weighted by molar-refractivity contribution is -0.130. The number of amides is 3. The number of morpholine rings is 1. The first-order valence-corrected chi connectivity index (χ1v) is 19.3. The Morgan fingerprint density at radius 2 is 1.64 bits per heavy atom. The molecule has 0 bridgehead atoms. The van der Waals surface area contributed by atoms with Crippen molar-refractivity contribution in [3.8, 4) is 0 Å². The summed E-state index contributed by atoms with van der Waals surface area (Å²) in [6.07, 6.45) is 12.1. The van der Waals surface area contributed by atoms with Crippen molar-refractivity contribution < 1.29 is 19.1 Å². The molecule has 3 atom stereocenters. The van der Waals surface area contributed by atoms with Gasteiger partial charge in [-0.05, 0) is 78.6 Å². The second kappa shape index (κ2) is 19.5. The van der Waals surface area contributed by atoms with E-state index in [9.17, 15) is 14.4 Å². The molecule has 2 unspecified atom stereocenters. The number of anilines is 2. The van der Waals surface area contributed by atoms with E-state index < -0.39 is 17.2 Å². The van der Waals surface area contributed by atoms with Crippen LogP contribution < -0.4 is 15.5 Å². The highest BCUT2D eigenvalue weighted by atomic mass is 32.2. The van der Waals surface area contributed by atoms with E-state index >= 15 is 0 Å². The van der Waals surface area contributed by atoms with Crippen LogP contribution in [0.25, 0.3) is 0 Å². The van der Waals surface area contributed by atoms with Gasteiger partial charge in [0, 0.05) is 37.7 Å². The minimum Gasteiger partial charge on any atom is -0.378 e. The molecule has 2 heterocycles. The highest BCUT2D eigenvalue weighted by molar-refractivity contribution is 8.12. The van der Waals surface area contributed by atoms with Crippen LogP contribution in [-0.4, -0.2) is 72.5 Å². The van der Waals surface area contributed by atoms with Crippen molar-refractivity contribution in [2.45, 2.75) is 37.1 Å². The van der Waals surface area contributed by atoms with Gasteiger partial charge in [-0.25, -0.2) is 0 Å². The molecule has 2 aliphatic rings. The second-order valence-electron chi connectivity index (χ2n) is 13.3. The number of nitrogens with zero attached hydrogens (tertiary/aromatic N) is 4. The number of rotatable bonds is 14. The summed E-state index contributed by atoms with van der Waals surface area (Å²) >= 11 is 1.32. The molecular weight excluding hydrogens is 709 g/mol. The van der Waals surface area contributed by atoms with Crippen molar-refractivity contribution in [1.29, 1.82) is 0 Å². The van der Waals surface area contributed by atoms with Gasteiger partial charge in [0.15, 0.2) is 0 Å². The van der Waals surface area contributed by atoms with Crippen molar-refractivity contribution in [1.82, 2.24) is 15.2 Å². The number of thioether (sulfide) groups is 1. The Morgan fingerprint density at radius 3 is 2.36 bits per heavy atom. The van der Waals surface area contributed by atoms with Crippen LogP contribution in [0.2, 0.25) is 0 Å². The number of ether oxygens (including phenoxy) is 1. The molecule has 4 aromatic rings. The van der Waals surface area contributed by atoms with Crippen LogP contribution in [0.3, 0.4) is 0 Å². The highest BCUT2D eigenvalue weighted by Gasteiger charge is 2.28. The minimum absolute atomic E-state index is 0.111. The molecule has 10 nitrogen and oxygen atoms in total. The molecule has 0 saturated carbocycles. The minimum atomic E-state index is -0.805. The van der Waals surface area contributed by atoms with E-state index in [-0.39, 0.29) is 17.7 Å². The van der Waals surface area contributed by atoms with E-state index in [1.165, 1.54) is 11.8 Å². The van der Waals surface area contributed by atoms with Gasteiger partial charge >= 0.3 is 0 Å². The largest absolute Gasteiger partial charge is 0.378 e. The number of benzene rings is 3. The SMILES string of the molecule is C[C@H](NC(=O)C(C1=CC=CC=CC1)c1ccccc1)C(=O)Nc1ccc(C(SC=Nc2ccc(N3CCOCC3)cc2)C(=O)N(C)Cc2ccccn2)cc1. The zero-order valence-electron chi connectivity index (χ0n) is 31.1. The molecule has 55 heavy (non-hydrogen) atoms. The lowest BCUT2D eigenvalue weighted by Gasteiger charge is -2.28. The van der Waals surface area contributed by atoms with Gasteiger partial charge in [0.1, 0.15) is 11.3 Å². The first-order chi connectivity index (χ1) is 26.9. The van der Waals surface area contributed by atoms with Gasteiger partial charge in [0.05, 0.1) is 42.6 Å². The number of hydrogen-bond acceptors (Lipinski definition) is 8. The van der Waals surface area contributed by atoms with E-state index in [0.29, 0.717) is 18.7 Å². The summed E-state index contributed by atoms with van der Waals surface area (Å²) in [5.74, 6) is -1.25.